The van der Waals surface area contributed by atoms with Crippen LogP contribution in [0.15, 0.2) is 29.2 Å². The van der Waals surface area contributed by atoms with Crippen LogP contribution in [0.4, 0.5) is 5.69 Å². The lowest BCUT2D eigenvalue weighted by Crippen LogP contribution is -2.34. The number of nitrogens with two attached hydrogens (primary N) is 1. The van der Waals surface area contributed by atoms with Crippen molar-refractivity contribution in [3.8, 4) is 0 Å². The van der Waals surface area contributed by atoms with Gasteiger partial charge >= 0.3 is 0 Å². The minimum Gasteiger partial charge on any atom is -0.372 e. The highest BCUT2D eigenvalue weighted by atomic mass is 32.2. The maximum atomic E-state index is 11.8. The molecule has 0 bridgehead atoms. The molecule has 0 spiro atoms. The first-order valence-electron chi connectivity index (χ1n) is 6.44. The predicted molar refractivity (Wildman–Crippen MR) is 89.2 cm³/mol. The average Bonchev–Trinajstić information content (AvgIpc) is 2.69. The molecule has 0 unspecified atom stereocenters. The van der Waals surface area contributed by atoms with E-state index in [0.717, 1.165) is 23.7 Å². The average molecular weight is 307 g/mol. The van der Waals surface area contributed by atoms with Crippen LogP contribution in [-0.2, 0) is 4.79 Å². The zero-order valence-corrected chi connectivity index (χ0v) is 13.1. The van der Waals surface area contributed by atoms with Crippen LogP contribution in [0.2, 0.25) is 0 Å². The third-order valence-electron chi connectivity index (χ3n) is 3.14. The second-order valence-corrected chi connectivity index (χ2v) is 5.99. The molecule has 0 atom stereocenters. The number of thiocarbonyl (C=S) groups is 1. The Kier molecular flexibility index (Phi) is 4.80. The lowest BCUT2D eigenvalue weighted by Gasteiger charge is -2.20. The molecule has 1 saturated heterocycles. The molecule has 1 aliphatic heterocycles. The molecule has 0 saturated carbocycles. The van der Waals surface area contributed by atoms with E-state index in [1.807, 2.05) is 18.2 Å². The zero-order valence-electron chi connectivity index (χ0n) is 11.5. The third kappa shape index (κ3) is 3.03. The first-order valence-corrected chi connectivity index (χ1v) is 7.67. The van der Waals surface area contributed by atoms with Gasteiger partial charge in [-0.25, -0.2) is 10.9 Å². The second kappa shape index (κ2) is 6.39. The molecular formula is C14H17N3OS2. The summed E-state index contributed by atoms with van der Waals surface area (Å²) in [4.78, 5) is 14.6. The Hall–Kier alpha value is -1.37. The van der Waals surface area contributed by atoms with Crippen molar-refractivity contribution in [1.82, 2.24) is 5.01 Å². The maximum Gasteiger partial charge on any atom is 0.280 e. The van der Waals surface area contributed by atoms with Gasteiger partial charge < -0.3 is 4.90 Å². The Balaban J connectivity index is 2.19. The highest BCUT2D eigenvalue weighted by molar-refractivity contribution is 8.26. The molecule has 4 nitrogen and oxygen atoms in total. The fraction of sp³-hybridized carbons (Fsp3) is 0.286. The van der Waals surface area contributed by atoms with Gasteiger partial charge in [0.1, 0.15) is 0 Å². The molecule has 1 aromatic carbocycles. The van der Waals surface area contributed by atoms with Crippen molar-refractivity contribution in [2.24, 2.45) is 5.84 Å². The van der Waals surface area contributed by atoms with E-state index < -0.39 is 0 Å². The standard InChI is InChI=1S/C14H17N3OS2/c1-3-16(4-2)11-7-5-10(6-8-11)9-12-13(18)17(15)14(19)20-12/h5-9H,3-4,15H2,1-2H3/b12-9-. The van der Waals surface area contributed by atoms with Gasteiger partial charge in [-0.2, -0.15) is 0 Å². The number of amides is 1. The van der Waals surface area contributed by atoms with Crippen molar-refractivity contribution in [2.45, 2.75) is 13.8 Å². The molecule has 1 aromatic rings. The molecule has 106 valence electrons. The number of nitrogens with zero attached hydrogens (tertiary/aromatic N) is 2. The largest absolute Gasteiger partial charge is 0.372 e. The minimum atomic E-state index is -0.243. The van der Waals surface area contributed by atoms with Crippen molar-refractivity contribution in [2.75, 3.05) is 18.0 Å². The molecule has 2 N–H and O–H groups in total. The zero-order chi connectivity index (χ0) is 14.7. The van der Waals surface area contributed by atoms with Crippen LogP contribution >= 0.6 is 24.0 Å². The summed E-state index contributed by atoms with van der Waals surface area (Å²) >= 11 is 6.22. The van der Waals surface area contributed by atoms with Gasteiger partial charge in [0.2, 0.25) is 0 Å². The van der Waals surface area contributed by atoms with Gasteiger partial charge in [-0.05, 0) is 37.6 Å². The van der Waals surface area contributed by atoms with Crippen LogP contribution in [0, 0.1) is 0 Å². The van der Waals surface area contributed by atoms with E-state index in [9.17, 15) is 4.79 Å². The first-order chi connectivity index (χ1) is 9.56. The first kappa shape index (κ1) is 15.0. The number of carbonyl (C=O) groups excluding carboxylic acids is 1. The molecule has 0 radical (unpaired) electrons. The van der Waals surface area contributed by atoms with Gasteiger partial charge in [0.15, 0.2) is 4.32 Å². The fourth-order valence-corrected chi connectivity index (χ4v) is 3.10. The van der Waals surface area contributed by atoms with Crippen LogP contribution in [0.3, 0.4) is 0 Å². The molecule has 1 aliphatic rings. The van der Waals surface area contributed by atoms with Crippen molar-refractivity contribution in [3.05, 3.63) is 34.7 Å². The van der Waals surface area contributed by atoms with E-state index in [1.54, 1.807) is 0 Å². The Morgan fingerprint density at radius 2 is 1.90 bits per heavy atom. The van der Waals surface area contributed by atoms with Crippen LogP contribution in [-0.4, -0.2) is 28.3 Å². The van der Waals surface area contributed by atoms with Crippen molar-refractivity contribution >= 4 is 46.0 Å². The number of hydrogen-bond acceptors (Lipinski definition) is 5. The summed E-state index contributed by atoms with van der Waals surface area (Å²) in [5.41, 5.74) is 2.15. The van der Waals surface area contributed by atoms with Gasteiger partial charge in [-0.15, -0.1) is 0 Å². The highest BCUT2D eigenvalue weighted by Crippen LogP contribution is 2.30. The molecule has 2 rings (SSSR count). The van der Waals surface area contributed by atoms with Crippen LogP contribution in [0.25, 0.3) is 6.08 Å². The Morgan fingerprint density at radius 1 is 1.30 bits per heavy atom. The summed E-state index contributed by atoms with van der Waals surface area (Å²) in [6.45, 7) is 6.21. The number of hydrazine groups is 1. The second-order valence-electron chi connectivity index (χ2n) is 4.32. The molecule has 1 heterocycles. The molecule has 1 fully saturated rings. The number of anilines is 1. The van der Waals surface area contributed by atoms with E-state index >= 15 is 0 Å². The quantitative estimate of drug-likeness (QED) is 0.401. The fourth-order valence-electron chi connectivity index (χ4n) is 2.00. The highest BCUT2D eigenvalue weighted by Gasteiger charge is 2.29. The number of rotatable bonds is 4. The summed E-state index contributed by atoms with van der Waals surface area (Å²) in [5, 5.41) is 1.01. The Labute approximate surface area is 128 Å². The van der Waals surface area contributed by atoms with E-state index in [1.165, 1.54) is 17.4 Å². The van der Waals surface area contributed by atoms with Gasteiger partial charge in [-0.3, -0.25) is 4.79 Å². The van der Waals surface area contributed by atoms with Crippen molar-refractivity contribution < 1.29 is 4.79 Å². The van der Waals surface area contributed by atoms with Gasteiger partial charge in [0.05, 0.1) is 4.91 Å². The number of benzene rings is 1. The van der Waals surface area contributed by atoms with Crippen LogP contribution < -0.4 is 10.7 Å². The van der Waals surface area contributed by atoms with E-state index in [-0.39, 0.29) is 5.91 Å². The van der Waals surface area contributed by atoms with Gasteiger partial charge in [0.25, 0.3) is 5.91 Å². The van der Waals surface area contributed by atoms with E-state index in [4.69, 9.17) is 18.1 Å². The van der Waals surface area contributed by atoms with Crippen molar-refractivity contribution in [3.63, 3.8) is 0 Å². The summed E-state index contributed by atoms with van der Waals surface area (Å²) in [7, 11) is 0. The SMILES string of the molecule is CCN(CC)c1ccc(/C=C2\SC(=S)N(N)C2=O)cc1. The topological polar surface area (TPSA) is 49.6 Å². The summed E-state index contributed by atoms with van der Waals surface area (Å²) < 4.78 is 0.390. The Bertz CT molecular complexity index is 550. The molecule has 1 amide bonds. The Morgan fingerprint density at radius 3 is 2.35 bits per heavy atom. The monoisotopic (exact) mass is 307 g/mol. The lowest BCUT2D eigenvalue weighted by molar-refractivity contribution is -0.122. The summed E-state index contributed by atoms with van der Waals surface area (Å²) in [5.74, 6) is 5.30. The third-order valence-corrected chi connectivity index (χ3v) is 4.47. The minimum absolute atomic E-state index is 0.243. The van der Waals surface area contributed by atoms with E-state index in [2.05, 4.69) is 30.9 Å². The molecular weight excluding hydrogens is 290 g/mol. The molecule has 0 aliphatic carbocycles. The predicted octanol–water partition coefficient (Wildman–Crippen LogP) is 2.61. The van der Waals surface area contributed by atoms with Crippen molar-refractivity contribution in [1.29, 1.82) is 0 Å². The van der Waals surface area contributed by atoms with Gasteiger partial charge in [0, 0.05) is 18.8 Å². The number of thioether (sulfide) groups is 1. The summed E-state index contributed by atoms with van der Waals surface area (Å²) in [6.07, 6.45) is 1.82. The van der Waals surface area contributed by atoms with Crippen LogP contribution in [0.5, 0.6) is 0 Å². The molecule has 6 heteroatoms. The summed E-state index contributed by atoms with van der Waals surface area (Å²) in [6, 6.07) is 8.11. The number of carbonyl (C=O) groups is 1. The smallest absolute Gasteiger partial charge is 0.280 e. The normalized spacial score (nSPS) is 17.1. The lowest BCUT2D eigenvalue weighted by atomic mass is 10.1. The molecule has 0 aromatic heterocycles. The maximum absolute atomic E-state index is 11.8. The van der Waals surface area contributed by atoms with E-state index in [0.29, 0.717) is 9.23 Å². The number of hydrogen-bond donors (Lipinski definition) is 1. The molecule has 20 heavy (non-hydrogen) atoms. The van der Waals surface area contributed by atoms with Crippen LogP contribution in [0.1, 0.15) is 19.4 Å². The van der Waals surface area contributed by atoms with Gasteiger partial charge in [-0.1, -0.05) is 36.1 Å².